The van der Waals surface area contributed by atoms with Crippen LogP contribution in [-0.2, 0) is 6.54 Å². The van der Waals surface area contributed by atoms with Gasteiger partial charge in [0.15, 0.2) is 17.1 Å². The van der Waals surface area contributed by atoms with Crippen molar-refractivity contribution in [2.24, 2.45) is 0 Å². The number of phenols is 2. The van der Waals surface area contributed by atoms with E-state index in [-0.39, 0.29) is 23.4 Å². The van der Waals surface area contributed by atoms with Gasteiger partial charge < -0.3 is 25.7 Å². The summed E-state index contributed by atoms with van der Waals surface area (Å²) in [5.41, 5.74) is 3.18. The summed E-state index contributed by atoms with van der Waals surface area (Å²) in [5.74, 6) is 0.531. The van der Waals surface area contributed by atoms with Crippen LogP contribution in [0.2, 0.25) is 0 Å². The molecule has 4 aromatic rings. The predicted octanol–water partition coefficient (Wildman–Crippen LogP) is 4.32. The van der Waals surface area contributed by atoms with Crippen LogP contribution in [0, 0.1) is 0 Å². The number of nitrogens with zero attached hydrogens (tertiary/aromatic N) is 5. The number of halogens is 1. The lowest BCUT2D eigenvalue weighted by atomic mass is 9.93. The van der Waals surface area contributed by atoms with Gasteiger partial charge in [-0.05, 0) is 52.5 Å². The number of urea groups is 1. The molecule has 0 aliphatic carbocycles. The first-order valence-corrected chi connectivity index (χ1v) is 12.0. The molecule has 180 valence electrons. The summed E-state index contributed by atoms with van der Waals surface area (Å²) in [6.07, 6.45) is 6.84. The Morgan fingerprint density at radius 1 is 1.11 bits per heavy atom. The quantitative estimate of drug-likeness (QED) is 0.220. The fourth-order valence-electron chi connectivity index (χ4n) is 4.17. The number of aromatic nitrogens is 4. The van der Waals surface area contributed by atoms with Gasteiger partial charge in [-0.3, -0.25) is 4.98 Å². The Balaban J connectivity index is 1.28. The van der Waals surface area contributed by atoms with Gasteiger partial charge in [-0.25, -0.2) is 9.78 Å². The Kier molecular flexibility index (Phi) is 6.41. The molecule has 0 radical (unpaired) electrons. The molecule has 0 bridgehead atoms. The number of rotatable bonds is 5. The Bertz CT molecular complexity index is 1350. The van der Waals surface area contributed by atoms with E-state index < -0.39 is 0 Å². The molecule has 11 heteroatoms. The van der Waals surface area contributed by atoms with Crippen molar-refractivity contribution < 1.29 is 15.0 Å². The fraction of sp³-hybridized carbons (Fsp3) is 0.250. The number of nitrogens with one attached hydrogen (secondary N) is 2. The Hall–Kier alpha value is -3.86. The zero-order chi connectivity index (χ0) is 24.4. The molecule has 1 fully saturated rings. The summed E-state index contributed by atoms with van der Waals surface area (Å²) in [6.45, 7) is 1.76. The van der Waals surface area contributed by atoms with Gasteiger partial charge in [-0.15, -0.1) is 0 Å². The molecule has 2 amide bonds. The summed E-state index contributed by atoms with van der Waals surface area (Å²) >= 11 is 3.55. The number of hydrogen-bond acceptors (Lipinski definition) is 7. The Morgan fingerprint density at radius 3 is 2.69 bits per heavy atom. The smallest absolute Gasteiger partial charge is 0.321 e. The highest BCUT2D eigenvalue weighted by atomic mass is 79.9. The number of aromatic hydroxyl groups is 2. The first-order chi connectivity index (χ1) is 17.0. The van der Waals surface area contributed by atoms with Crippen molar-refractivity contribution in [3.63, 3.8) is 0 Å². The average molecular weight is 538 g/mol. The van der Waals surface area contributed by atoms with Crippen molar-refractivity contribution >= 4 is 39.1 Å². The molecule has 1 aliphatic heterocycles. The lowest BCUT2D eigenvalue weighted by Crippen LogP contribution is -2.40. The summed E-state index contributed by atoms with van der Waals surface area (Å²) in [5, 5.41) is 29.8. The van der Waals surface area contributed by atoms with E-state index in [1.165, 1.54) is 12.1 Å². The maximum absolute atomic E-state index is 12.7. The molecule has 3 aromatic heterocycles. The van der Waals surface area contributed by atoms with Gasteiger partial charge >= 0.3 is 6.03 Å². The lowest BCUT2D eigenvalue weighted by Gasteiger charge is -2.32. The standard InChI is InChI=1S/C24H24BrN7O3/c25-18-14-28-32-22(27-13-15-2-1-7-26-12-15)11-19(30-23(18)32)16-5-8-31(9-6-16)24(35)29-17-3-4-20(33)21(34)10-17/h1-4,7,10-12,14,16,27,33-34H,5-6,8-9,13H2,(H,29,35). The van der Waals surface area contributed by atoms with Crippen LogP contribution in [0.15, 0.2) is 59.5 Å². The van der Waals surface area contributed by atoms with Gasteiger partial charge in [0, 0.05) is 61.5 Å². The van der Waals surface area contributed by atoms with E-state index in [1.54, 1.807) is 27.9 Å². The molecule has 4 N–H and O–H groups in total. The number of phenolic OH excluding ortho intramolecular Hbond substituents is 2. The van der Waals surface area contributed by atoms with Crippen molar-refractivity contribution in [2.45, 2.75) is 25.3 Å². The van der Waals surface area contributed by atoms with Crippen molar-refractivity contribution in [1.29, 1.82) is 0 Å². The number of pyridine rings is 1. The highest BCUT2D eigenvalue weighted by Gasteiger charge is 2.26. The van der Waals surface area contributed by atoms with Gasteiger partial charge in [0.25, 0.3) is 0 Å². The van der Waals surface area contributed by atoms with Crippen LogP contribution in [0.25, 0.3) is 5.65 Å². The second-order valence-corrected chi connectivity index (χ2v) is 9.26. The molecule has 1 aliphatic rings. The number of carbonyl (C=O) groups excluding carboxylic acids is 1. The number of likely N-dealkylation sites (tertiary alicyclic amines) is 1. The average Bonchev–Trinajstić information content (AvgIpc) is 3.26. The monoisotopic (exact) mass is 537 g/mol. The zero-order valence-electron chi connectivity index (χ0n) is 18.7. The minimum atomic E-state index is -0.276. The number of carbonyl (C=O) groups is 1. The predicted molar refractivity (Wildman–Crippen MR) is 135 cm³/mol. The van der Waals surface area contributed by atoms with Gasteiger partial charge in [-0.2, -0.15) is 9.61 Å². The molecule has 35 heavy (non-hydrogen) atoms. The third-order valence-corrected chi connectivity index (χ3v) is 6.63. The van der Waals surface area contributed by atoms with E-state index in [0.717, 1.165) is 40.0 Å². The normalized spacial score (nSPS) is 14.3. The Morgan fingerprint density at radius 2 is 1.94 bits per heavy atom. The molecule has 0 saturated carbocycles. The van der Waals surface area contributed by atoms with Crippen LogP contribution < -0.4 is 10.6 Å². The molecule has 1 saturated heterocycles. The fourth-order valence-corrected chi connectivity index (χ4v) is 4.52. The van der Waals surface area contributed by atoms with Crippen LogP contribution in [-0.4, -0.2) is 53.8 Å². The maximum atomic E-state index is 12.7. The molecule has 0 spiro atoms. The first kappa shape index (κ1) is 22.9. The highest BCUT2D eigenvalue weighted by Crippen LogP contribution is 2.31. The summed E-state index contributed by atoms with van der Waals surface area (Å²) in [6, 6.07) is 9.91. The number of benzene rings is 1. The van der Waals surface area contributed by atoms with Crippen LogP contribution >= 0.6 is 15.9 Å². The second-order valence-electron chi connectivity index (χ2n) is 8.40. The van der Waals surface area contributed by atoms with Gasteiger partial charge in [-0.1, -0.05) is 6.07 Å². The second kappa shape index (κ2) is 9.79. The van der Waals surface area contributed by atoms with Gasteiger partial charge in [0.05, 0.1) is 10.7 Å². The minimum absolute atomic E-state index is 0.197. The molecular weight excluding hydrogens is 514 g/mol. The van der Waals surface area contributed by atoms with Gasteiger partial charge in [0.1, 0.15) is 5.82 Å². The highest BCUT2D eigenvalue weighted by molar-refractivity contribution is 9.10. The van der Waals surface area contributed by atoms with Crippen LogP contribution in [0.5, 0.6) is 11.5 Å². The van der Waals surface area contributed by atoms with Crippen LogP contribution in [0.1, 0.15) is 30.0 Å². The van der Waals surface area contributed by atoms with E-state index in [0.29, 0.717) is 25.3 Å². The van der Waals surface area contributed by atoms with Crippen LogP contribution in [0.3, 0.4) is 0 Å². The molecule has 5 rings (SSSR count). The van der Waals surface area contributed by atoms with E-state index >= 15 is 0 Å². The molecule has 0 unspecified atom stereocenters. The maximum Gasteiger partial charge on any atom is 0.321 e. The molecule has 10 nitrogen and oxygen atoms in total. The van der Waals surface area contributed by atoms with E-state index in [9.17, 15) is 15.0 Å². The largest absolute Gasteiger partial charge is 0.504 e. The topological polar surface area (TPSA) is 128 Å². The van der Waals surface area contributed by atoms with Crippen molar-refractivity contribution in [3.8, 4) is 11.5 Å². The number of anilines is 2. The summed E-state index contributed by atoms with van der Waals surface area (Å²) in [4.78, 5) is 23.5. The third-order valence-electron chi connectivity index (χ3n) is 6.07. The summed E-state index contributed by atoms with van der Waals surface area (Å²) < 4.78 is 2.59. The minimum Gasteiger partial charge on any atom is -0.504 e. The number of amides is 2. The molecular formula is C24H24BrN7O3. The number of fused-ring (bicyclic) bond motifs is 1. The third kappa shape index (κ3) is 4.99. The van der Waals surface area contributed by atoms with E-state index in [2.05, 4.69) is 36.6 Å². The number of hydrogen-bond donors (Lipinski definition) is 4. The lowest BCUT2D eigenvalue weighted by molar-refractivity contribution is 0.194. The van der Waals surface area contributed by atoms with Crippen LogP contribution in [0.4, 0.5) is 16.3 Å². The van der Waals surface area contributed by atoms with Gasteiger partial charge in [0.2, 0.25) is 0 Å². The Labute approximate surface area is 209 Å². The van der Waals surface area contributed by atoms with E-state index in [4.69, 9.17) is 4.98 Å². The molecule has 4 heterocycles. The SMILES string of the molecule is O=C(Nc1ccc(O)c(O)c1)N1CCC(c2cc(NCc3cccnc3)n3ncc(Br)c3n2)CC1. The molecule has 0 atom stereocenters. The van der Waals surface area contributed by atoms with Crippen molar-refractivity contribution in [3.05, 3.63) is 70.7 Å². The van der Waals surface area contributed by atoms with Crippen molar-refractivity contribution in [2.75, 3.05) is 23.7 Å². The number of piperidine rings is 1. The molecule has 1 aromatic carbocycles. The first-order valence-electron chi connectivity index (χ1n) is 11.2. The van der Waals surface area contributed by atoms with Crippen molar-refractivity contribution in [1.82, 2.24) is 24.5 Å². The zero-order valence-corrected chi connectivity index (χ0v) is 20.3. The van der Waals surface area contributed by atoms with E-state index in [1.807, 2.05) is 24.4 Å². The summed E-state index contributed by atoms with van der Waals surface area (Å²) in [7, 11) is 0.